The number of nitrogens with one attached hydrogen (secondary N) is 1. The van der Waals surface area contributed by atoms with E-state index >= 15 is 0 Å². The Hall–Kier alpha value is -1.95. The molecule has 1 rings (SSSR count). The molecule has 0 saturated carbocycles. The number of halogens is 1. The van der Waals surface area contributed by atoms with Crippen molar-refractivity contribution < 1.29 is 19.4 Å². The zero-order valence-corrected chi connectivity index (χ0v) is 9.40. The van der Waals surface area contributed by atoms with Crippen molar-refractivity contribution in [1.29, 1.82) is 5.41 Å². The number of carboxylic acid groups (broad SMARTS) is 1. The number of aromatic nitrogens is 1. The summed E-state index contributed by atoms with van der Waals surface area (Å²) in [6, 6.07) is 1.28. The lowest BCUT2D eigenvalue weighted by Gasteiger charge is -2.06. The zero-order chi connectivity index (χ0) is 12.8. The van der Waals surface area contributed by atoms with Crippen LogP contribution >= 0.6 is 11.6 Å². The van der Waals surface area contributed by atoms with Crippen LogP contribution in [0.2, 0.25) is 5.15 Å². The molecule has 1 aromatic heterocycles. The number of hydrogen-bond acceptors (Lipinski definition) is 5. The van der Waals surface area contributed by atoms with Crippen molar-refractivity contribution in [2.45, 2.75) is 12.8 Å². The molecular formula is C10H9ClN2O4. The zero-order valence-electron chi connectivity index (χ0n) is 8.64. The lowest BCUT2D eigenvalue weighted by molar-refractivity contribution is -0.136. The minimum Gasteiger partial charge on any atom is -0.481 e. The molecule has 2 N–H and O–H groups in total. The molecule has 7 heteroatoms. The maximum Gasteiger partial charge on any atom is 0.344 e. The molecule has 0 aromatic carbocycles. The molecule has 90 valence electrons. The first-order chi connectivity index (χ1) is 8.04. The molecule has 0 spiro atoms. The molecule has 17 heavy (non-hydrogen) atoms. The van der Waals surface area contributed by atoms with Crippen molar-refractivity contribution in [3.05, 3.63) is 28.5 Å². The van der Waals surface area contributed by atoms with E-state index < -0.39 is 11.9 Å². The van der Waals surface area contributed by atoms with Gasteiger partial charge in [-0.3, -0.25) is 10.2 Å². The Bertz CT molecular complexity index is 462. The number of aliphatic carboxylic acids is 1. The highest BCUT2D eigenvalue weighted by Gasteiger charge is 2.14. The number of rotatable bonds is 5. The summed E-state index contributed by atoms with van der Waals surface area (Å²) >= 11 is 5.63. The second kappa shape index (κ2) is 5.95. The molecule has 0 aliphatic rings. The van der Waals surface area contributed by atoms with E-state index in [9.17, 15) is 9.59 Å². The smallest absolute Gasteiger partial charge is 0.344 e. The number of nitrogens with zero attached hydrogens (tertiary/aromatic N) is 1. The van der Waals surface area contributed by atoms with Crippen molar-refractivity contribution >= 4 is 29.9 Å². The summed E-state index contributed by atoms with van der Waals surface area (Å²) < 4.78 is 4.40. The van der Waals surface area contributed by atoms with Gasteiger partial charge < -0.3 is 9.84 Å². The summed E-state index contributed by atoms with van der Waals surface area (Å²) in [5.74, 6) is -1.74. The van der Waals surface area contributed by atoms with E-state index in [0.29, 0.717) is 12.0 Å². The predicted octanol–water partition coefficient (Wildman–Crippen LogP) is 1.52. The van der Waals surface area contributed by atoms with Gasteiger partial charge in [0.2, 0.25) is 0 Å². The number of carbonyl (C=O) groups excluding carboxylic acids is 1. The monoisotopic (exact) mass is 256 g/mol. The van der Waals surface area contributed by atoms with Crippen molar-refractivity contribution in [2.24, 2.45) is 0 Å². The third-order valence-electron chi connectivity index (χ3n) is 1.95. The number of carboxylic acids is 1. The summed E-state index contributed by atoms with van der Waals surface area (Å²) in [6.45, 7) is 0. The van der Waals surface area contributed by atoms with Crippen molar-refractivity contribution in [1.82, 2.24) is 4.98 Å². The highest BCUT2D eigenvalue weighted by atomic mass is 35.5. The van der Waals surface area contributed by atoms with Gasteiger partial charge in [-0.1, -0.05) is 11.6 Å². The highest BCUT2D eigenvalue weighted by Crippen LogP contribution is 2.16. The van der Waals surface area contributed by atoms with Crippen LogP contribution in [0.1, 0.15) is 22.3 Å². The Morgan fingerprint density at radius 1 is 1.59 bits per heavy atom. The fourth-order valence-electron chi connectivity index (χ4n) is 1.21. The van der Waals surface area contributed by atoms with Crippen molar-refractivity contribution in [3.8, 4) is 0 Å². The third kappa shape index (κ3) is 3.84. The quantitative estimate of drug-likeness (QED) is 0.360. The van der Waals surface area contributed by atoms with E-state index in [4.69, 9.17) is 22.1 Å². The average molecular weight is 257 g/mol. The summed E-state index contributed by atoms with van der Waals surface area (Å²) in [5.41, 5.74) is 0.540. The number of hydrogen-bond donors (Lipinski definition) is 2. The summed E-state index contributed by atoms with van der Waals surface area (Å²) in [4.78, 5) is 25.7. The van der Waals surface area contributed by atoms with E-state index in [1.54, 1.807) is 0 Å². The summed E-state index contributed by atoms with van der Waals surface area (Å²) in [5, 5.41) is 15.3. The Morgan fingerprint density at radius 2 is 2.29 bits per heavy atom. The maximum absolute atomic E-state index is 11.5. The molecule has 1 aromatic rings. The van der Waals surface area contributed by atoms with Gasteiger partial charge in [0.25, 0.3) is 0 Å². The second-order valence-corrected chi connectivity index (χ2v) is 3.47. The van der Waals surface area contributed by atoms with Gasteiger partial charge in [0.05, 0.1) is 5.56 Å². The highest BCUT2D eigenvalue weighted by molar-refractivity contribution is 6.29. The second-order valence-electron chi connectivity index (χ2n) is 3.08. The number of aryl methyl sites for hydroxylation is 1. The number of pyridine rings is 1. The van der Waals surface area contributed by atoms with Gasteiger partial charge in [0.15, 0.2) is 6.40 Å². The normalized spacial score (nSPS) is 9.71. The summed E-state index contributed by atoms with van der Waals surface area (Å²) in [6.07, 6.45) is 1.83. The molecule has 0 atom stereocenters. The molecule has 6 nitrogen and oxygen atoms in total. The summed E-state index contributed by atoms with van der Waals surface area (Å²) in [7, 11) is 0. The number of ether oxygens (including phenoxy) is 1. The van der Waals surface area contributed by atoms with Gasteiger partial charge in [-0.25, -0.2) is 9.78 Å². The van der Waals surface area contributed by atoms with Crippen LogP contribution in [-0.2, 0) is 16.0 Å². The van der Waals surface area contributed by atoms with Gasteiger partial charge >= 0.3 is 11.9 Å². The molecule has 0 unspecified atom stereocenters. The molecule has 0 amide bonds. The first kappa shape index (κ1) is 13.1. The van der Waals surface area contributed by atoms with Gasteiger partial charge in [-0.2, -0.15) is 0 Å². The van der Waals surface area contributed by atoms with Crippen LogP contribution in [0.3, 0.4) is 0 Å². The molecule has 0 fully saturated rings. The first-order valence-electron chi connectivity index (χ1n) is 4.60. The van der Waals surface area contributed by atoms with Crippen LogP contribution in [0, 0.1) is 5.41 Å². The van der Waals surface area contributed by atoms with Gasteiger partial charge in [-0.15, -0.1) is 0 Å². The average Bonchev–Trinajstić information content (AvgIpc) is 2.27. The van der Waals surface area contributed by atoms with E-state index in [2.05, 4.69) is 9.72 Å². The molecule has 0 aliphatic carbocycles. The van der Waals surface area contributed by atoms with E-state index in [-0.39, 0.29) is 23.6 Å². The van der Waals surface area contributed by atoms with Crippen molar-refractivity contribution in [2.75, 3.05) is 0 Å². The van der Waals surface area contributed by atoms with Crippen LogP contribution in [0.15, 0.2) is 12.3 Å². The molecule has 0 radical (unpaired) electrons. The molecule has 0 aliphatic heterocycles. The molecule has 0 saturated heterocycles. The number of carbonyl (C=O) groups is 2. The van der Waals surface area contributed by atoms with Crippen LogP contribution in [-0.4, -0.2) is 28.4 Å². The fraction of sp³-hybridized carbons (Fsp3) is 0.200. The van der Waals surface area contributed by atoms with E-state index in [0.717, 1.165) is 0 Å². The van der Waals surface area contributed by atoms with Crippen LogP contribution in [0.4, 0.5) is 0 Å². The number of esters is 1. The fourth-order valence-corrected chi connectivity index (χ4v) is 1.36. The van der Waals surface area contributed by atoms with E-state index in [1.807, 2.05) is 0 Å². The van der Waals surface area contributed by atoms with Gasteiger partial charge in [0, 0.05) is 12.6 Å². The minimum atomic E-state index is -0.980. The Kier molecular flexibility index (Phi) is 4.59. The Labute approximate surface area is 102 Å². The Balaban J connectivity index is 2.98. The van der Waals surface area contributed by atoms with Crippen LogP contribution < -0.4 is 0 Å². The largest absolute Gasteiger partial charge is 0.481 e. The van der Waals surface area contributed by atoms with E-state index in [1.165, 1.54) is 12.3 Å². The maximum atomic E-state index is 11.5. The first-order valence-corrected chi connectivity index (χ1v) is 4.98. The molecule has 1 heterocycles. The standard InChI is InChI=1S/C10H9ClN2O4/c11-8-3-7(10(16)17-5-12)6(4-13-8)1-2-9(14)15/h3-5,12H,1-2H2,(H,14,15). The lowest BCUT2D eigenvalue weighted by Crippen LogP contribution is -2.09. The van der Waals surface area contributed by atoms with Crippen LogP contribution in [0.25, 0.3) is 0 Å². The molecule has 0 bridgehead atoms. The topological polar surface area (TPSA) is 100 Å². The van der Waals surface area contributed by atoms with Crippen LogP contribution in [0.5, 0.6) is 0 Å². The van der Waals surface area contributed by atoms with Crippen molar-refractivity contribution in [3.63, 3.8) is 0 Å². The minimum absolute atomic E-state index is 0.0982. The SMILES string of the molecule is N=COC(=O)c1cc(Cl)ncc1CCC(=O)O. The van der Waals surface area contributed by atoms with Gasteiger partial charge in [0.1, 0.15) is 5.15 Å². The third-order valence-corrected chi connectivity index (χ3v) is 2.15. The molecular weight excluding hydrogens is 248 g/mol. The predicted molar refractivity (Wildman–Crippen MR) is 59.4 cm³/mol. The van der Waals surface area contributed by atoms with Gasteiger partial charge in [-0.05, 0) is 18.1 Å². The Morgan fingerprint density at radius 3 is 2.88 bits per heavy atom. The lowest BCUT2D eigenvalue weighted by atomic mass is 10.1.